The van der Waals surface area contributed by atoms with Crippen LogP contribution in [0.25, 0.3) is 0 Å². The van der Waals surface area contributed by atoms with Crippen LogP contribution < -0.4 is 5.32 Å². The number of aldehydes is 1. The highest BCUT2D eigenvalue weighted by Gasteiger charge is 2.25. The van der Waals surface area contributed by atoms with E-state index in [9.17, 15) is 9.59 Å². The molecule has 1 N–H and O–H groups in total. The number of hydrogen-bond donors (Lipinski definition) is 1. The molecule has 1 saturated carbocycles. The summed E-state index contributed by atoms with van der Waals surface area (Å²) in [5.41, 5.74) is 0.933. The van der Waals surface area contributed by atoms with Crippen LogP contribution >= 0.6 is 0 Å². The zero-order valence-electron chi connectivity index (χ0n) is 11.6. The molecule has 4 heteroatoms. The van der Waals surface area contributed by atoms with Gasteiger partial charge >= 0.3 is 6.09 Å². The summed E-state index contributed by atoms with van der Waals surface area (Å²) >= 11 is 0. The van der Waals surface area contributed by atoms with Gasteiger partial charge in [-0.1, -0.05) is 49.6 Å². The van der Waals surface area contributed by atoms with E-state index in [1.165, 1.54) is 6.42 Å². The molecule has 108 valence electrons. The van der Waals surface area contributed by atoms with Crippen LogP contribution in [0.3, 0.4) is 0 Å². The molecule has 0 spiro atoms. The van der Waals surface area contributed by atoms with E-state index < -0.39 is 12.1 Å². The molecule has 1 aromatic rings. The molecule has 0 aliphatic heterocycles. The maximum absolute atomic E-state index is 11.7. The zero-order valence-corrected chi connectivity index (χ0v) is 11.6. The molecule has 0 aromatic heterocycles. The lowest BCUT2D eigenvalue weighted by molar-refractivity contribution is -0.110. The molecule has 1 atom stereocenters. The fourth-order valence-electron chi connectivity index (χ4n) is 2.66. The van der Waals surface area contributed by atoms with E-state index in [4.69, 9.17) is 4.74 Å². The Kier molecular flexibility index (Phi) is 5.59. The highest BCUT2D eigenvalue weighted by Crippen LogP contribution is 2.25. The van der Waals surface area contributed by atoms with E-state index in [0.717, 1.165) is 37.5 Å². The van der Waals surface area contributed by atoms with Crippen LogP contribution in [0.5, 0.6) is 0 Å². The maximum atomic E-state index is 11.7. The first-order valence-corrected chi connectivity index (χ1v) is 7.22. The Morgan fingerprint density at radius 1 is 1.25 bits per heavy atom. The summed E-state index contributed by atoms with van der Waals surface area (Å²) in [5, 5.41) is 2.68. The normalized spacial score (nSPS) is 17.2. The van der Waals surface area contributed by atoms with E-state index in [0.29, 0.717) is 0 Å². The van der Waals surface area contributed by atoms with Crippen molar-refractivity contribution in [1.82, 2.24) is 5.32 Å². The quantitative estimate of drug-likeness (QED) is 0.840. The number of rotatable bonds is 5. The summed E-state index contributed by atoms with van der Waals surface area (Å²) in [4.78, 5) is 22.9. The zero-order chi connectivity index (χ0) is 14.2. The molecule has 1 aliphatic rings. The van der Waals surface area contributed by atoms with E-state index in [2.05, 4.69) is 5.32 Å². The van der Waals surface area contributed by atoms with Gasteiger partial charge in [0.15, 0.2) is 0 Å². The third-order valence-corrected chi connectivity index (χ3v) is 3.80. The third kappa shape index (κ3) is 4.37. The first-order valence-electron chi connectivity index (χ1n) is 7.22. The van der Waals surface area contributed by atoms with Crippen LogP contribution in [0.2, 0.25) is 0 Å². The second kappa shape index (κ2) is 7.68. The monoisotopic (exact) mass is 275 g/mol. The molecular weight excluding hydrogens is 254 g/mol. The molecule has 1 amide bonds. The lowest BCUT2D eigenvalue weighted by Gasteiger charge is -2.26. The van der Waals surface area contributed by atoms with Gasteiger partial charge in [-0.2, -0.15) is 0 Å². The van der Waals surface area contributed by atoms with Crippen molar-refractivity contribution in [1.29, 1.82) is 0 Å². The van der Waals surface area contributed by atoms with Gasteiger partial charge in [-0.15, -0.1) is 0 Å². The highest BCUT2D eigenvalue weighted by molar-refractivity contribution is 5.73. The van der Waals surface area contributed by atoms with E-state index >= 15 is 0 Å². The number of hydrogen-bond acceptors (Lipinski definition) is 3. The molecule has 1 aliphatic carbocycles. The van der Waals surface area contributed by atoms with Crippen LogP contribution in [0.15, 0.2) is 30.3 Å². The fraction of sp³-hybridized carbons (Fsp3) is 0.500. The van der Waals surface area contributed by atoms with Crippen molar-refractivity contribution in [2.45, 2.75) is 44.8 Å². The second-order valence-corrected chi connectivity index (χ2v) is 5.27. The predicted octanol–water partition coefficient (Wildman–Crippen LogP) is 3.06. The summed E-state index contributed by atoms with van der Waals surface area (Å²) in [6.07, 6.45) is 5.81. The average molecular weight is 275 g/mol. The number of benzene rings is 1. The molecule has 0 radical (unpaired) electrons. The number of nitrogens with one attached hydrogen (secondary N) is 1. The van der Waals surface area contributed by atoms with Gasteiger partial charge in [0.1, 0.15) is 12.9 Å². The standard InChI is InChI=1S/C16H21NO3/c18-11-15(14-9-5-2-6-10-14)17-16(19)20-12-13-7-3-1-4-8-13/h1,3-4,7-8,11,14-15H,2,5-6,9-10,12H2,(H,17,19). The summed E-state index contributed by atoms with van der Waals surface area (Å²) in [6.45, 7) is 0.225. The Bertz CT molecular complexity index is 427. The molecule has 20 heavy (non-hydrogen) atoms. The van der Waals surface area contributed by atoms with Crippen molar-refractivity contribution in [3.8, 4) is 0 Å². The third-order valence-electron chi connectivity index (χ3n) is 3.80. The molecule has 4 nitrogen and oxygen atoms in total. The van der Waals surface area contributed by atoms with Crippen molar-refractivity contribution in [3.05, 3.63) is 35.9 Å². The Morgan fingerprint density at radius 2 is 1.95 bits per heavy atom. The lowest BCUT2D eigenvalue weighted by Crippen LogP contribution is -2.42. The summed E-state index contributed by atoms with van der Waals surface area (Å²) in [5.74, 6) is 0.255. The summed E-state index contributed by atoms with van der Waals surface area (Å²) in [7, 11) is 0. The molecule has 0 heterocycles. The number of amides is 1. The minimum Gasteiger partial charge on any atom is -0.445 e. The second-order valence-electron chi connectivity index (χ2n) is 5.27. The summed E-state index contributed by atoms with van der Waals surface area (Å²) < 4.78 is 5.14. The van der Waals surface area contributed by atoms with Gasteiger partial charge in [0, 0.05) is 0 Å². The molecular formula is C16H21NO3. The number of alkyl carbamates (subject to hydrolysis) is 1. The highest BCUT2D eigenvalue weighted by atomic mass is 16.5. The van der Waals surface area contributed by atoms with Crippen molar-refractivity contribution < 1.29 is 14.3 Å². The largest absolute Gasteiger partial charge is 0.445 e. The minimum atomic E-state index is -0.517. The Labute approximate surface area is 119 Å². The molecule has 1 aromatic carbocycles. The van der Waals surface area contributed by atoms with Gasteiger partial charge < -0.3 is 14.8 Å². The Hall–Kier alpha value is -1.84. The number of carbonyl (C=O) groups excluding carboxylic acids is 2. The van der Waals surface area contributed by atoms with E-state index in [-0.39, 0.29) is 12.5 Å². The van der Waals surface area contributed by atoms with Crippen LogP contribution in [-0.4, -0.2) is 18.4 Å². The van der Waals surface area contributed by atoms with Gasteiger partial charge in [-0.05, 0) is 24.3 Å². The summed E-state index contributed by atoms with van der Waals surface area (Å²) in [6, 6.07) is 9.07. The van der Waals surface area contributed by atoms with E-state index in [1.807, 2.05) is 30.3 Å². The van der Waals surface area contributed by atoms with Crippen molar-refractivity contribution >= 4 is 12.4 Å². The Morgan fingerprint density at radius 3 is 2.60 bits per heavy atom. The van der Waals surface area contributed by atoms with Gasteiger partial charge in [-0.25, -0.2) is 4.79 Å². The molecule has 1 unspecified atom stereocenters. The van der Waals surface area contributed by atoms with E-state index in [1.54, 1.807) is 0 Å². The first-order chi connectivity index (χ1) is 9.79. The van der Waals surface area contributed by atoms with Gasteiger partial charge in [0.05, 0.1) is 6.04 Å². The van der Waals surface area contributed by atoms with Crippen LogP contribution in [0.1, 0.15) is 37.7 Å². The molecule has 2 rings (SSSR count). The maximum Gasteiger partial charge on any atom is 0.408 e. The fourth-order valence-corrected chi connectivity index (χ4v) is 2.66. The van der Waals surface area contributed by atoms with Crippen molar-refractivity contribution in [2.24, 2.45) is 5.92 Å². The molecule has 0 saturated heterocycles. The number of carbonyl (C=O) groups is 2. The lowest BCUT2D eigenvalue weighted by atomic mass is 9.84. The van der Waals surface area contributed by atoms with Crippen molar-refractivity contribution in [3.63, 3.8) is 0 Å². The minimum absolute atomic E-state index is 0.225. The average Bonchev–Trinajstić information content (AvgIpc) is 2.52. The van der Waals surface area contributed by atoms with Gasteiger partial charge in [0.25, 0.3) is 0 Å². The predicted molar refractivity (Wildman–Crippen MR) is 76.2 cm³/mol. The molecule has 0 bridgehead atoms. The SMILES string of the molecule is O=CC(NC(=O)OCc1ccccc1)C1CCCCC1. The topological polar surface area (TPSA) is 55.4 Å². The number of ether oxygens (including phenoxy) is 1. The van der Waals surface area contributed by atoms with Crippen LogP contribution in [-0.2, 0) is 16.1 Å². The Balaban J connectivity index is 1.78. The van der Waals surface area contributed by atoms with Crippen LogP contribution in [0, 0.1) is 5.92 Å². The van der Waals surface area contributed by atoms with Crippen LogP contribution in [0.4, 0.5) is 4.79 Å². The first kappa shape index (κ1) is 14.6. The smallest absolute Gasteiger partial charge is 0.408 e. The van der Waals surface area contributed by atoms with Gasteiger partial charge in [-0.3, -0.25) is 0 Å². The van der Waals surface area contributed by atoms with Crippen molar-refractivity contribution in [2.75, 3.05) is 0 Å². The molecule has 1 fully saturated rings. The van der Waals surface area contributed by atoms with Gasteiger partial charge in [0.2, 0.25) is 0 Å².